The molecule has 0 radical (unpaired) electrons. The van der Waals surface area contributed by atoms with E-state index in [9.17, 15) is 0 Å². The molecule has 0 bridgehead atoms. The molecule has 0 aliphatic rings. The summed E-state index contributed by atoms with van der Waals surface area (Å²) < 4.78 is 10.5. The maximum Gasteiger partial charge on any atom is 0.146 e. The lowest BCUT2D eigenvalue weighted by Gasteiger charge is -2.00. The summed E-state index contributed by atoms with van der Waals surface area (Å²) in [6, 6.07) is 2.58. The topological polar surface area (TPSA) is 18.5 Å². The van der Waals surface area contributed by atoms with Crippen LogP contribution in [0.3, 0.4) is 0 Å². The number of ether oxygens (including phenoxy) is 1. The van der Waals surface area contributed by atoms with E-state index in [0.29, 0.717) is 0 Å². The summed E-state index contributed by atoms with van der Waals surface area (Å²) in [6.07, 6.45) is 1.20. The van der Waals surface area contributed by atoms with E-state index < -0.39 is 0 Å². The maximum atomic E-state index is 5.55. The lowest BCUT2D eigenvalue weighted by atomic mass is 10.5. The molecule has 0 aromatic heterocycles. The summed E-state index contributed by atoms with van der Waals surface area (Å²) in [7, 11) is 1.52. The molecule has 0 atom stereocenters. The first kappa shape index (κ1) is 10.4. The Morgan fingerprint density at radius 1 is 1.30 bits per heavy atom. The van der Waals surface area contributed by atoms with Gasteiger partial charge in [0.1, 0.15) is 19.5 Å². The summed E-state index contributed by atoms with van der Waals surface area (Å²) in [5.41, 5.74) is 0. The van der Waals surface area contributed by atoms with Gasteiger partial charge in [0.15, 0.2) is 0 Å². The zero-order chi connectivity index (χ0) is 7.66. The molecule has 0 fully saturated rings. The van der Waals surface area contributed by atoms with Gasteiger partial charge < -0.3 is 8.85 Å². The molecule has 0 unspecified atom stereocenters. The Morgan fingerprint density at radius 2 is 2.10 bits per heavy atom. The van der Waals surface area contributed by atoms with E-state index in [1.165, 1.54) is 18.5 Å². The Kier molecular flexibility index (Phi) is 9.68. The average Bonchev–Trinajstić information content (AvgIpc) is 1.97. The molecule has 0 aliphatic carbocycles. The van der Waals surface area contributed by atoms with Gasteiger partial charge in [-0.05, 0) is 18.5 Å². The molecule has 10 heavy (non-hydrogen) atoms. The standard InChI is InChI=1S/C6H18O2Si2/c1-3-9-8-10-6-4-5-7-2/h3-6,9-10H2,1-2H3. The number of hydrogen-bond donors (Lipinski definition) is 0. The molecular weight excluding hydrogens is 160 g/mol. The van der Waals surface area contributed by atoms with Gasteiger partial charge in [0.2, 0.25) is 0 Å². The van der Waals surface area contributed by atoms with Gasteiger partial charge in [0.25, 0.3) is 0 Å². The van der Waals surface area contributed by atoms with Crippen LogP contribution in [0.4, 0.5) is 0 Å². The van der Waals surface area contributed by atoms with Crippen LogP contribution < -0.4 is 0 Å². The third kappa shape index (κ3) is 8.35. The summed E-state index contributed by atoms with van der Waals surface area (Å²) in [5.74, 6) is 0. The Morgan fingerprint density at radius 3 is 2.70 bits per heavy atom. The van der Waals surface area contributed by atoms with E-state index in [1.54, 1.807) is 7.11 Å². The van der Waals surface area contributed by atoms with Crippen LogP contribution in [0.5, 0.6) is 0 Å². The molecule has 0 rings (SSSR count). The van der Waals surface area contributed by atoms with Crippen molar-refractivity contribution >= 4 is 19.5 Å². The second-order valence-electron chi connectivity index (χ2n) is 2.31. The van der Waals surface area contributed by atoms with Gasteiger partial charge >= 0.3 is 0 Å². The molecule has 0 aromatic carbocycles. The summed E-state index contributed by atoms with van der Waals surface area (Å²) in [4.78, 5) is 0. The quantitative estimate of drug-likeness (QED) is 0.406. The Hall–Kier alpha value is 0.354. The second-order valence-corrected chi connectivity index (χ2v) is 6.47. The van der Waals surface area contributed by atoms with Crippen molar-refractivity contribution in [1.29, 1.82) is 0 Å². The van der Waals surface area contributed by atoms with E-state index in [1.807, 2.05) is 0 Å². The summed E-state index contributed by atoms with van der Waals surface area (Å²) in [5, 5.41) is 0. The van der Waals surface area contributed by atoms with E-state index in [2.05, 4.69) is 6.92 Å². The number of hydrogen-bond acceptors (Lipinski definition) is 2. The van der Waals surface area contributed by atoms with Crippen molar-refractivity contribution in [2.45, 2.75) is 25.4 Å². The van der Waals surface area contributed by atoms with Crippen LogP contribution >= 0.6 is 0 Å². The molecule has 0 aromatic rings. The first-order valence-corrected chi connectivity index (χ1v) is 7.14. The third-order valence-corrected chi connectivity index (χ3v) is 4.74. The van der Waals surface area contributed by atoms with Gasteiger partial charge in [-0.1, -0.05) is 6.92 Å². The fourth-order valence-corrected chi connectivity index (χ4v) is 3.89. The molecule has 4 heteroatoms. The third-order valence-electron chi connectivity index (χ3n) is 1.24. The predicted molar refractivity (Wildman–Crippen MR) is 50.0 cm³/mol. The van der Waals surface area contributed by atoms with Gasteiger partial charge in [-0.25, -0.2) is 0 Å². The minimum Gasteiger partial charge on any atom is -0.465 e. The normalized spacial score (nSPS) is 12.6. The van der Waals surface area contributed by atoms with Crippen LogP contribution in [0.2, 0.25) is 12.1 Å². The van der Waals surface area contributed by atoms with Crippen molar-refractivity contribution < 1.29 is 8.85 Å². The summed E-state index contributed by atoms with van der Waals surface area (Å²) >= 11 is 0. The smallest absolute Gasteiger partial charge is 0.146 e. The van der Waals surface area contributed by atoms with Crippen molar-refractivity contribution in [2.75, 3.05) is 13.7 Å². The SMILES string of the molecule is CC[SiH2]O[SiH2]CCCOC. The molecule has 0 spiro atoms. The molecule has 0 heterocycles. The number of rotatable bonds is 7. The average molecular weight is 178 g/mol. The minimum atomic E-state index is -0.138. The molecule has 0 aliphatic heterocycles. The molecule has 2 nitrogen and oxygen atoms in total. The Balaban J connectivity index is 2.65. The highest BCUT2D eigenvalue weighted by atomic mass is 28.3. The monoisotopic (exact) mass is 178 g/mol. The molecular formula is C6H18O2Si2. The van der Waals surface area contributed by atoms with Crippen molar-refractivity contribution in [3.05, 3.63) is 0 Å². The van der Waals surface area contributed by atoms with Gasteiger partial charge in [-0.15, -0.1) is 0 Å². The predicted octanol–water partition coefficient (Wildman–Crippen LogP) is 0.0636. The number of methoxy groups -OCH3 is 1. The lowest BCUT2D eigenvalue weighted by Crippen LogP contribution is -2.03. The first-order chi connectivity index (χ1) is 4.91. The van der Waals surface area contributed by atoms with Crippen LogP contribution in [0.1, 0.15) is 13.3 Å². The summed E-state index contributed by atoms with van der Waals surface area (Å²) in [6.45, 7) is 3.11. The van der Waals surface area contributed by atoms with Gasteiger partial charge in [-0.2, -0.15) is 0 Å². The highest BCUT2D eigenvalue weighted by molar-refractivity contribution is 6.42. The van der Waals surface area contributed by atoms with Gasteiger partial charge in [0, 0.05) is 13.7 Å². The minimum absolute atomic E-state index is 0.0916. The molecule has 0 saturated carbocycles. The molecule has 0 saturated heterocycles. The van der Waals surface area contributed by atoms with Gasteiger partial charge in [-0.3, -0.25) is 0 Å². The second kappa shape index (κ2) is 9.35. The van der Waals surface area contributed by atoms with Gasteiger partial charge in [0.05, 0.1) is 0 Å². The largest absolute Gasteiger partial charge is 0.465 e. The fraction of sp³-hybridized carbons (Fsp3) is 1.00. The maximum absolute atomic E-state index is 5.55. The molecule has 62 valence electrons. The van der Waals surface area contributed by atoms with Crippen molar-refractivity contribution in [3.63, 3.8) is 0 Å². The van der Waals surface area contributed by atoms with E-state index in [0.717, 1.165) is 6.61 Å². The zero-order valence-electron chi connectivity index (χ0n) is 7.06. The molecule has 0 N–H and O–H groups in total. The van der Waals surface area contributed by atoms with Crippen LogP contribution in [0, 0.1) is 0 Å². The van der Waals surface area contributed by atoms with E-state index in [-0.39, 0.29) is 19.5 Å². The van der Waals surface area contributed by atoms with Crippen molar-refractivity contribution in [1.82, 2.24) is 0 Å². The van der Waals surface area contributed by atoms with Crippen molar-refractivity contribution in [3.8, 4) is 0 Å². The van der Waals surface area contributed by atoms with Crippen LogP contribution in [0.15, 0.2) is 0 Å². The van der Waals surface area contributed by atoms with Crippen LogP contribution in [-0.4, -0.2) is 33.2 Å². The zero-order valence-corrected chi connectivity index (χ0v) is 9.89. The highest BCUT2D eigenvalue weighted by Gasteiger charge is 1.88. The first-order valence-electron chi connectivity index (χ1n) is 3.98. The fourth-order valence-electron chi connectivity index (χ4n) is 0.697. The lowest BCUT2D eigenvalue weighted by molar-refractivity contribution is 0.198. The van der Waals surface area contributed by atoms with Crippen LogP contribution in [-0.2, 0) is 8.85 Å². The van der Waals surface area contributed by atoms with E-state index in [4.69, 9.17) is 8.85 Å². The molecule has 0 amide bonds. The van der Waals surface area contributed by atoms with E-state index >= 15 is 0 Å². The Labute approximate surface area is 68.2 Å². The highest BCUT2D eigenvalue weighted by Crippen LogP contribution is 1.89. The van der Waals surface area contributed by atoms with Crippen LogP contribution in [0.25, 0.3) is 0 Å². The Bertz CT molecular complexity index is 53.7. The van der Waals surface area contributed by atoms with Crippen molar-refractivity contribution in [2.24, 2.45) is 0 Å².